The van der Waals surface area contributed by atoms with E-state index in [1.165, 1.54) is 12.1 Å². The molecule has 2 rings (SSSR count). The average Bonchev–Trinajstić information content (AvgIpc) is 2.71. The van der Waals surface area contributed by atoms with Gasteiger partial charge in [0, 0.05) is 6.42 Å². The zero-order valence-corrected chi connectivity index (χ0v) is 18.5. The summed E-state index contributed by atoms with van der Waals surface area (Å²) in [7, 11) is 0. The quantitative estimate of drug-likeness (QED) is 0.473. The Bertz CT molecular complexity index is 906. The first-order valence-electron chi connectivity index (χ1n) is 10.4. The zero-order valence-electron chi connectivity index (χ0n) is 18.5. The van der Waals surface area contributed by atoms with Crippen LogP contribution in [0, 0.1) is 0 Å². The molecule has 0 aliphatic rings. The van der Waals surface area contributed by atoms with Crippen molar-refractivity contribution in [1.29, 1.82) is 0 Å². The van der Waals surface area contributed by atoms with Crippen LogP contribution in [0.25, 0.3) is 0 Å². The summed E-state index contributed by atoms with van der Waals surface area (Å²) in [6.07, 6.45) is 0.0423. The molecule has 2 atom stereocenters. The molecule has 2 amide bonds. The van der Waals surface area contributed by atoms with Gasteiger partial charge >= 0.3 is 12.1 Å². The minimum absolute atomic E-state index is 0.0270. The van der Waals surface area contributed by atoms with E-state index in [0.29, 0.717) is 12.0 Å². The van der Waals surface area contributed by atoms with E-state index in [1.54, 1.807) is 32.9 Å². The Balaban J connectivity index is 2.11. The highest BCUT2D eigenvalue weighted by Gasteiger charge is 2.28. The van der Waals surface area contributed by atoms with Crippen LogP contribution in [0.1, 0.15) is 38.3 Å². The lowest BCUT2D eigenvalue weighted by molar-refractivity contribution is -0.142. The van der Waals surface area contributed by atoms with Gasteiger partial charge in [-0.3, -0.25) is 4.79 Å². The zero-order chi connectivity index (χ0) is 23.7. The monoisotopic (exact) mass is 442 g/mol. The number of alkyl carbamates (subject to hydrolysis) is 1. The van der Waals surface area contributed by atoms with E-state index in [2.05, 4.69) is 10.6 Å². The maximum absolute atomic E-state index is 12.9. The lowest BCUT2D eigenvalue weighted by atomic mass is 10.0. The maximum atomic E-state index is 12.9. The van der Waals surface area contributed by atoms with Crippen LogP contribution in [0.2, 0.25) is 0 Å². The number of phenols is 1. The summed E-state index contributed by atoms with van der Waals surface area (Å²) in [5, 5.41) is 24.1. The Morgan fingerprint density at radius 1 is 0.906 bits per heavy atom. The third-order valence-corrected chi connectivity index (χ3v) is 4.56. The van der Waals surface area contributed by atoms with E-state index in [-0.39, 0.29) is 18.6 Å². The molecule has 0 unspecified atom stereocenters. The molecule has 0 fully saturated rings. The molecule has 0 aliphatic heterocycles. The summed E-state index contributed by atoms with van der Waals surface area (Å²) in [5.74, 6) is -1.75. The van der Waals surface area contributed by atoms with Gasteiger partial charge < -0.3 is 25.6 Å². The molecule has 0 heterocycles. The van der Waals surface area contributed by atoms with Gasteiger partial charge in [0.15, 0.2) is 0 Å². The number of hydrogen-bond donors (Lipinski definition) is 4. The first kappa shape index (κ1) is 24.7. The number of aromatic hydroxyl groups is 1. The predicted octanol–water partition coefficient (Wildman–Crippen LogP) is 3.03. The smallest absolute Gasteiger partial charge is 0.408 e. The number of carbonyl (C=O) groups is 3. The highest BCUT2D eigenvalue weighted by Crippen LogP contribution is 2.13. The summed E-state index contributed by atoms with van der Waals surface area (Å²) in [6, 6.07) is 13.3. The van der Waals surface area contributed by atoms with Crippen LogP contribution < -0.4 is 10.6 Å². The number of carboxylic acids is 1. The Labute approximate surface area is 187 Å². The fourth-order valence-electron chi connectivity index (χ4n) is 3.01. The van der Waals surface area contributed by atoms with Crippen LogP contribution in [0.3, 0.4) is 0 Å². The largest absolute Gasteiger partial charge is 0.508 e. The number of carboxylic acid groups (broad SMARTS) is 1. The standard InChI is InChI=1S/C24H30N2O6/c1-24(2,3)32-23(31)26-19(14-11-16-7-5-4-6-8-16)21(28)25-20(22(29)30)15-17-9-12-18(27)13-10-17/h4-10,12-13,19-20,27H,11,14-15H2,1-3H3,(H,25,28)(H,26,31)(H,29,30)/t19-,20+/m1/s1. The first-order valence-corrected chi connectivity index (χ1v) is 10.4. The number of benzene rings is 2. The minimum atomic E-state index is -1.20. The Morgan fingerprint density at radius 3 is 2.09 bits per heavy atom. The van der Waals surface area contributed by atoms with Gasteiger partial charge in [0.05, 0.1) is 0 Å². The second-order valence-corrected chi connectivity index (χ2v) is 8.49. The van der Waals surface area contributed by atoms with Crippen molar-refractivity contribution in [3.63, 3.8) is 0 Å². The van der Waals surface area contributed by atoms with Crippen molar-refractivity contribution in [2.24, 2.45) is 0 Å². The molecule has 0 radical (unpaired) electrons. The number of nitrogens with one attached hydrogen (secondary N) is 2. The normalized spacial score (nSPS) is 13.0. The lowest BCUT2D eigenvalue weighted by Gasteiger charge is -2.24. The van der Waals surface area contributed by atoms with Crippen molar-refractivity contribution in [2.45, 2.75) is 57.7 Å². The molecule has 0 saturated heterocycles. The lowest BCUT2D eigenvalue weighted by Crippen LogP contribution is -2.53. The SMILES string of the molecule is CC(C)(C)OC(=O)N[C@H](CCc1ccccc1)C(=O)N[C@@H](Cc1ccc(O)cc1)C(=O)O. The molecule has 32 heavy (non-hydrogen) atoms. The second-order valence-electron chi connectivity index (χ2n) is 8.49. The van der Waals surface area contributed by atoms with Crippen molar-refractivity contribution in [3.8, 4) is 5.75 Å². The fraction of sp³-hybridized carbons (Fsp3) is 0.375. The number of hydrogen-bond acceptors (Lipinski definition) is 5. The van der Waals surface area contributed by atoms with Gasteiger partial charge in [0.25, 0.3) is 0 Å². The molecule has 2 aromatic carbocycles. The maximum Gasteiger partial charge on any atom is 0.408 e. The highest BCUT2D eigenvalue weighted by molar-refractivity contribution is 5.89. The number of amides is 2. The molecule has 4 N–H and O–H groups in total. The molecule has 172 valence electrons. The molecule has 0 bridgehead atoms. The number of ether oxygens (including phenoxy) is 1. The Morgan fingerprint density at radius 2 is 1.53 bits per heavy atom. The van der Waals surface area contributed by atoms with Gasteiger partial charge in [-0.25, -0.2) is 9.59 Å². The van der Waals surface area contributed by atoms with E-state index < -0.39 is 35.7 Å². The molecule has 8 nitrogen and oxygen atoms in total. The number of carbonyl (C=O) groups excluding carboxylic acids is 2. The van der Waals surface area contributed by atoms with Gasteiger partial charge in [-0.1, -0.05) is 42.5 Å². The van der Waals surface area contributed by atoms with Crippen molar-refractivity contribution in [3.05, 3.63) is 65.7 Å². The van der Waals surface area contributed by atoms with E-state index in [9.17, 15) is 24.6 Å². The summed E-state index contributed by atoms with van der Waals surface area (Å²) in [6.45, 7) is 5.14. The number of phenolic OH excluding ortho intramolecular Hbond substituents is 1. The van der Waals surface area contributed by atoms with Crippen LogP contribution in [-0.2, 0) is 27.2 Å². The van der Waals surface area contributed by atoms with Crippen LogP contribution >= 0.6 is 0 Å². The fourth-order valence-corrected chi connectivity index (χ4v) is 3.01. The number of aliphatic carboxylic acids is 1. The van der Waals surface area contributed by atoms with Gasteiger partial charge in [-0.2, -0.15) is 0 Å². The third kappa shape index (κ3) is 8.67. The van der Waals surface area contributed by atoms with Gasteiger partial charge in [-0.05, 0) is 56.9 Å². The molecule has 2 aromatic rings. The van der Waals surface area contributed by atoms with E-state index in [0.717, 1.165) is 5.56 Å². The number of rotatable bonds is 9. The second kappa shape index (κ2) is 11.2. The van der Waals surface area contributed by atoms with Crippen molar-refractivity contribution in [1.82, 2.24) is 10.6 Å². The topological polar surface area (TPSA) is 125 Å². The average molecular weight is 443 g/mol. The molecule has 0 spiro atoms. The molecular weight excluding hydrogens is 412 g/mol. The number of aryl methyl sites for hydroxylation is 1. The van der Waals surface area contributed by atoms with Gasteiger partial charge in [0.1, 0.15) is 23.4 Å². The summed E-state index contributed by atoms with van der Waals surface area (Å²) < 4.78 is 5.26. The van der Waals surface area contributed by atoms with E-state index in [1.807, 2.05) is 30.3 Å². The van der Waals surface area contributed by atoms with Crippen LogP contribution in [0.5, 0.6) is 5.75 Å². The van der Waals surface area contributed by atoms with Crippen molar-refractivity contribution in [2.75, 3.05) is 0 Å². The molecule has 0 aromatic heterocycles. The van der Waals surface area contributed by atoms with Crippen LogP contribution in [0.4, 0.5) is 4.79 Å². The van der Waals surface area contributed by atoms with Crippen molar-refractivity contribution < 1.29 is 29.3 Å². The Hall–Kier alpha value is -3.55. The van der Waals surface area contributed by atoms with Gasteiger partial charge in [-0.15, -0.1) is 0 Å². The van der Waals surface area contributed by atoms with Crippen LogP contribution in [0.15, 0.2) is 54.6 Å². The predicted molar refractivity (Wildman–Crippen MR) is 119 cm³/mol. The van der Waals surface area contributed by atoms with Gasteiger partial charge in [0.2, 0.25) is 5.91 Å². The van der Waals surface area contributed by atoms with E-state index in [4.69, 9.17) is 4.74 Å². The molecule has 0 saturated carbocycles. The minimum Gasteiger partial charge on any atom is -0.508 e. The molecule has 8 heteroatoms. The Kier molecular flexibility index (Phi) is 8.63. The molecular formula is C24H30N2O6. The third-order valence-electron chi connectivity index (χ3n) is 4.56. The van der Waals surface area contributed by atoms with Crippen molar-refractivity contribution >= 4 is 18.0 Å². The molecule has 0 aliphatic carbocycles. The van der Waals surface area contributed by atoms with E-state index >= 15 is 0 Å². The summed E-state index contributed by atoms with van der Waals surface area (Å²) in [5.41, 5.74) is 0.874. The van der Waals surface area contributed by atoms with Crippen LogP contribution in [-0.4, -0.2) is 45.9 Å². The first-order chi connectivity index (χ1) is 15.0. The highest BCUT2D eigenvalue weighted by atomic mass is 16.6. The summed E-state index contributed by atoms with van der Waals surface area (Å²) >= 11 is 0. The summed E-state index contributed by atoms with van der Waals surface area (Å²) in [4.78, 5) is 37.0.